The maximum atomic E-state index is 12.3. The number of para-hydroxylation sites is 2. The summed E-state index contributed by atoms with van der Waals surface area (Å²) in [6, 6.07) is 12.4. The molecular weight excluding hydrogens is 440 g/mol. The predicted octanol–water partition coefficient (Wildman–Crippen LogP) is 3.79. The van der Waals surface area contributed by atoms with Crippen molar-refractivity contribution in [2.24, 2.45) is 0 Å². The number of aryl methyl sites for hydroxylation is 1. The Labute approximate surface area is 189 Å². The SMILES string of the molecule is CCOc1ccccc1N(CCCC(=O)NCCOc1ccc(C)c(Cl)c1)S(C)(=O)=O. The Balaban J connectivity index is 1.81. The van der Waals surface area contributed by atoms with Crippen LogP contribution >= 0.6 is 11.6 Å². The zero-order valence-corrected chi connectivity index (χ0v) is 19.6. The summed E-state index contributed by atoms with van der Waals surface area (Å²) in [5.74, 6) is 0.965. The highest BCUT2D eigenvalue weighted by molar-refractivity contribution is 7.92. The summed E-state index contributed by atoms with van der Waals surface area (Å²) in [4.78, 5) is 12.1. The van der Waals surface area contributed by atoms with E-state index in [0.717, 1.165) is 11.8 Å². The number of anilines is 1. The quantitative estimate of drug-likeness (QED) is 0.479. The van der Waals surface area contributed by atoms with E-state index in [-0.39, 0.29) is 18.9 Å². The second-order valence-corrected chi connectivity index (χ2v) is 9.26. The number of halogens is 1. The van der Waals surface area contributed by atoms with Gasteiger partial charge in [0.1, 0.15) is 18.1 Å². The second-order valence-electron chi connectivity index (χ2n) is 6.95. The Bertz CT molecular complexity index is 982. The summed E-state index contributed by atoms with van der Waals surface area (Å²) in [6.07, 6.45) is 1.71. The lowest BCUT2D eigenvalue weighted by molar-refractivity contribution is -0.121. The number of rotatable bonds is 12. The van der Waals surface area contributed by atoms with Gasteiger partial charge < -0.3 is 14.8 Å². The molecule has 0 radical (unpaired) electrons. The van der Waals surface area contributed by atoms with E-state index in [4.69, 9.17) is 21.1 Å². The van der Waals surface area contributed by atoms with Gasteiger partial charge in [-0.25, -0.2) is 8.42 Å². The minimum absolute atomic E-state index is 0.169. The molecular formula is C22H29ClN2O5S. The molecule has 7 nitrogen and oxygen atoms in total. The van der Waals surface area contributed by atoms with E-state index in [1.165, 1.54) is 4.31 Å². The standard InChI is InChI=1S/C22H29ClN2O5S/c1-4-29-21-9-6-5-8-20(21)25(31(3,27)28)14-7-10-22(26)24-13-15-30-18-12-11-17(2)19(23)16-18/h5-6,8-9,11-12,16H,4,7,10,13-15H2,1-3H3,(H,24,26). The van der Waals surface area contributed by atoms with Crippen molar-refractivity contribution in [3.05, 3.63) is 53.1 Å². The highest BCUT2D eigenvalue weighted by Gasteiger charge is 2.21. The van der Waals surface area contributed by atoms with Crippen molar-refractivity contribution in [1.29, 1.82) is 0 Å². The number of hydrogen-bond acceptors (Lipinski definition) is 5. The van der Waals surface area contributed by atoms with Crippen LogP contribution in [0.5, 0.6) is 11.5 Å². The van der Waals surface area contributed by atoms with Gasteiger partial charge in [-0.15, -0.1) is 0 Å². The molecule has 0 aliphatic heterocycles. The maximum absolute atomic E-state index is 12.3. The number of carbonyl (C=O) groups is 1. The Morgan fingerprint density at radius 2 is 1.90 bits per heavy atom. The average Bonchev–Trinajstić information content (AvgIpc) is 2.71. The monoisotopic (exact) mass is 468 g/mol. The topological polar surface area (TPSA) is 84.9 Å². The van der Waals surface area contributed by atoms with Crippen LogP contribution in [0.25, 0.3) is 0 Å². The largest absolute Gasteiger partial charge is 0.492 e. The van der Waals surface area contributed by atoms with Crippen molar-refractivity contribution in [2.75, 3.05) is 36.9 Å². The van der Waals surface area contributed by atoms with E-state index in [1.54, 1.807) is 30.3 Å². The molecule has 1 amide bonds. The van der Waals surface area contributed by atoms with Crippen LogP contribution in [0.15, 0.2) is 42.5 Å². The summed E-state index contributed by atoms with van der Waals surface area (Å²) in [7, 11) is -3.52. The Hall–Kier alpha value is -2.45. The number of nitrogens with zero attached hydrogens (tertiary/aromatic N) is 1. The highest BCUT2D eigenvalue weighted by atomic mass is 35.5. The molecule has 0 unspecified atom stereocenters. The van der Waals surface area contributed by atoms with Gasteiger partial charge in [-0.3, -0.25) is 9.10 Å². The van der Waals surface area contributed by atoms with Gasteiger partial charge >= 0.3 is 0 Å². The van der Waals surface area contributed by atoms with Crippen LogP contribution < -0.4 is 19.1 Å². The van der Waals surface area contributed by atoms with Crippen LogP contribution in [0.4, 0.5) is 5.69 Å². The van der Waals surface area contributed by atoms with Crippen molar-refractivity contribution in [1.82, 2.24) is 5.32 Å². The van der Waals surface area contributed by atoms with Crippen molar-refractivity contribution >= 4 is 33.2 Å². The molecule has 0 atom stereocenters. The minimum Gasteiger partial charge on any atom is -0.492 e. The van der Waals surface area contributed by atoms with Gasteiger partial charge in [0, 0.05) is 18.0 Å². The van der Waals surface area contributed by atoms with Gasteiger partial charge in [0.15, 0.2) is 0 Å². The van der Waals surface area contributed by atoms with E-state index >= 15 is 0 Å². The fourth-order valence-electron chi connectivity index (χ4n) is 2.90. The smallest absolute Gasteiger partial charge is 0.232 e. The van der Waals surface area contributed by atoms with Crippen LogP contribution in [0.2, 0.25) is 5.02 Å². The van der Waals surface area contributed by atoms with Gasteiger partial charge in [0.2, 0.25) is 15.9 Å². The van der Waals surface area contributed by atoms with Gasteiger partial charge in [-0.2, -0.15) is 0 Å². The number of ether oxygens (including phenoxy) is 2. The molecule has 0 aromatic heterocycles. The van der Waals surface area contributed by atoms with Crippen molar-refractivity contribution in [2.45, 2.75) is 26.7 Å². The molecule has 31 heavy (non-hydrogen) atoms. The van der Waals surface area contributed by atoms with Gasteiger partial charge in [-0.05, 0) is 50.1 Å². The van der Waals surface area contributed by atoms with Crippen LogP contribution in [-0.2, 0) is 14.8 Å². The molecule has 2 aromatic rings. The van der Waals surface area contributed by atoms with Crippen LogP contribution in [-0.4, -0.2) is 46.9 Å². The Kier molecular flexibility index (Phi) is 9.45. The summed E-state index contributed by atoms with van der Waals surface area (Å²) < 4.78 is 37.0. The molecule has 2 rings (SSSR count). The Morgan fingerprint density at radius 3 is 2.58 bits per heavy atom. The zero-order valence-electron chi connectivity index (χ0n) is 18.1. The number of hydrogen-bond donors (Lipinski definition) is 1. The second kappa shape index (κ2) is 11.8. The molecule has 0 aliphatic carbocycles. The molecule has 0 spiro atoms. The van der Waals surface area contributed by atoms with Gasteiger partial charge in [0.05, 0.1) is 25.1 Å². The molecule has 0 fully saturated rings. The summed E-state index contributed by atoms with van der Waals surface area (Å²) >= 11 is 6.06. The first-order chi connectivity index (χ1) is 14.7. The number of nitrogens with one attached hydrogen (secondary N) is 1. The normalized spacial score (nSPS) is 11.1. The first-order valence-corrected chi connectivity index (χ1v) is 12.3. The van der Waals surface area contributed by atoms with E-state index in [2.05, 4.69) is 5.32 Å². The summed E-state index contributed by atoms with van der Waals surface area (Å²) in [6.45, 7) is 4.99. The third-order valence-electron chi connectivity index (χ3n) is 4.44. The lowest BCUT2D eigenvalue weighted by Crippen LogP contribution is -2.33. The van der Waals surface area contributed by atoms with Crippen molar-refractivity contribution < 1.29 is 22.7 Å². The van der Waals surface area contributed by atoms with Gasteiger partial charge in [0.25, 0.3) is 0 Å². The predicted molar refractivity (Wildman–Crippen MR) is 124 cm³/mol. The van der Waals surface area contributed by atoms with Crippen LogP contribution in [0.1, 0.15) is 25.3 Å². The molecule has 9 heteroatoms. The molecule has 0 aliphatic rings. The maximum Gasteiger partial charge on any atom is 0.232 e. The first kappa shape index (κ1) is 24.8. The molecule has 0 bridgehead atoms. The number of carbonyl (C=O) groups excluding carboxylic acids is 1. The summed E-state index contributed by atoms with van der Waals surface area (Å²) in [5.41, 5.74) is 1.44. The number of benzene rings is 2. The fraction of sp³-hybridized carbons (Fsp3) is 0.409. The van der Waals surface area contributed by atoms with E-state index in [0.29, 0.717) is 48.4 Å². The summed E-state index contributed by atoms with van der Waals surface area (Å²) in [5, 5.41) is 3.40. The number of sulfonamides is 1. The molecule has 2 aromatic carbocycles. The van der Waals surface area contributed by atoms with Crippen LogP contribution in [0, 0.1) is 6.92 Å². The molecule has 170 valence electrons. The zero-order chi connectivity index (χ0) is 22.9. The van der Waals surface area contributed by atoms with Crippen molar-refractivity contribution in [3.63, 3.8) is 0 Å². The third kappa shape index (κ3) is 7.95. The third-order valence-corrected chi connectivity index (χ3v) is 6.02. The molecule has 0 heterocycles. The fourth-order valence-corrected chi connectivity index (χ4v) is 4.04. The van der Waals surface area contributed by atoms with Crippen LogP contribution in [0.3, 0.4) is 0 Å². The Morgan fingerprint density at radius 1 is 1.16 bits per heavy atom. The van der Waals surface area contributed by atoms with E-state index in [1.807, 2.05) is 26.0 Å². The van der Waals surface area contributed by atoms with Crippen molar-refractivity contribution in [3.8, 4) is 11.5 Å². The number of amides is 1. The van der Waals surface area contributed by atoms with E-state index < -0.39 is 10.0 Å². The molecule has 0 saturated heterocycles. The molecule has 0 saturated carbocycles. The highest BCUT2D eigenvalue weighted by Crippen LogP contribution is 2.30. The lowest BCUT2D eigenvalue weighted by atomic mass is 10.2. The van der Waals surface area contributed by atoms with E-state index in [9.17, 15) is 13.2 Å². The minimum atomic E-state index is -3.52. The lowest BCUT2D eigenvalue weighted by Gasteiger charge is -2.24. The average molecular weight is 469 g/mol. The first-order valence-electron chi connectivity index (χ1n) is 10.1. The van der Waals surface area contributed by atoms with Gasteiger partial charge in [-0.1, -0.05) is 29.8 Å². The molecule has 1 N–H and O–H groups in total.